The average molecular weight is 293 g/mol. The predicted molar refractivity (Wildman–Crippen MR) is 94.6 cm³/mol. The Morgan fingerprint density at radius 2 is 1.38 bits per heavy atom. The first-order valence-corrected chi connectivity index (χ1v) is 8.45. The lowest BCUT2D eigenvalue weighted by Crippen LogP contribution is -2.29. The summed E-state index contributed by atoms with van der Waals surface area (Å²) in [5, 5.41) is 8.63. The van der Waals surface area contributed by atoms with Crippen molar-refractivity contribution in [2.24, 2.45) is 16.7 Å². The van der Waals surface area contributed by atoms with E-state index in [-0.39, 0.29) is 0 Å². The van der Waals surface area contributed by atoms with E-state index < -0.39 is 0 Å². The Bertz CT molecular complexity index is 349. The fraction of sp³-hybridized carbons (Fsp3) is 0.700. The highest BCUT2D eigenvalue weighted by molar-refractivity contribution is 5.18. The molecule has 0 aliphatic heterocycles. The molecule has 0 spiro atoms. The molecule has 0 unspecified atom stereocenters. The summed E-state index contributed by atoms with van der Waals surface area (Å²) in [7, 11) is 0. The Kier molecular flexibility index (Phi) is 8.70. The van der Waals surface area contributed by atoms with Gasteiger partial charge in [-0.1, -0.05) is 66.7 Å². The minimum atomic E-state index is 0.322. The Morgan fingerprint density at radius 1 is 0.952 bits per heavy atom. The molecule has 1 saturated carbocycles. The maximum absolute atomic E-state index is 8.63. The standard InChI is InChI=1S/C12H24.C6H6O.C2H6/c1-11(2,3)10-6-8-12(4,5)9-7-10;7-6-4-2-1-3-5-6;1-2/h10H,6-9H2,1-5H3;1-5,7H;1-2H3. The van der Waals surface area contributed by atoms with E-state index in [1.807, 2.05) is 19.9 Å². The normalized spacial score (nSPS) is 17.9. The van der Waals surface area contributed by atoms with E-state index in [1.54, 1.807) is 24.3 Å². The molecule has 1 aromatic carbocycles. The Hall–Kier alpha value is -0.980. The van der Waals surface area contributed by atoms with Gasteiger partial charge in [0.25, 0.3) is 0 Å². The topological polar surface area (TPSA) is 20.2 Å². The largest absolute Gasteiger partial charge is 0.508 e. The summed E-state index contributed by atoms with van der Waals surface area (Å²) in [5.74, 6) is 1.29. The van der Waals surface area contributed by atoms with E-state index in [2.05, 4.69) is 34.6 Å². The van der Waals surface area contributed by atoms with Crippen LogP contribution in [-0.2, 0) is 0 Å². The van der Waals surface area contributed by atoms with Gasteiger partial charge in [0.1, 0.15) is 5.75 Å². The van der Waals surface area contributed by atoms with Crippen molar-refractivity contribution in [3.63, 3.8) is 0 Å². The van der Waals surface area contributed by atoms with Gasteiger partial charge >= 0.3 is 0 Å². The zero-order valence-electron chi connectivity index (χ0n) is 15.2. The van der Waals surface area contributed by atoms with Crippen molar-refractivity contribution in [2.45, 2.75) is 74.1 Å². The summed E-state index contributed by atoms with van der Waals surface area (Å²) in [4.78, 5) is 0. The maximum Gasteiger partial charge on any atom is 0.115 e. The van der Waals surface area contributed by atoms with Gasteiger partial charge in [-0.15, -0.1) is 0 Å². The van der Waals surface area contributed by atoms with Crippen LogP contribution in [0.3, 0.4) is 0 Å². The van der Waals surface area contributed by atoms with E-state index in [0.29, 0.717) is 16.6 Å². The summed E-state index contributed by atoms with van der Waals surface area (Å²) in [6.45, 7) is 16.0. The van der Waals surface area contributed by atoms with Gasteiger partial charge in [-0.2, -0.15) is 0 Å². The molecule has 1 nitrogen and oxygen atoms in total. The molecule has 1 heteroatoms. The molecular formula is C20H36O. The number of hydrogen-bond acceptors (Lipinski definition) is 1. The van der Waals surface area contributed by atoms with Crippen molar-refractivity contribution in [1.29, 1.82) is 0 Å². The van der Waals surface area contributed by atoms with Gasteiger partial charge in [0.15, 0.2) is 0 Å². The highest BCUT2D eigenvalue weighted by Gasteiger charge is 2.32. The highest BCUT2D eigenvalue weighted by Crippen LogP contribution is 2.44. The zero-order valence-corrected chi connectivity index (χ0v) is 15.2. The molecule has 1 aliphatic carbocycles. The van der Waals surface area contributed by atoms with E-state index in [9.17, 15) is 0 Å². The lowest BCUT2D eigenvalue weighted by atomic mass is 9.65. The Balaban J connectivity index is 0.000000377. The van der Waals surface area contributed by atoms with Crippen LogP contribution in [0.2, 0.25) is 0 Å². The van der Waals surface area contributed by atoms with E-state index in [4.69, 9.17) is 5.11 Å². The molecular weight excluding hydrogens is 256 g/mol. The third-order valence-corrected chi connectivity index (χ3v) is 4.32. The molecule has 0 heterocycles. The number of phenols is 1. The van der Waals surface area contributed by atoms with Crippen molar-refractivity contribution < 1.29 is 5.11 Å². The minimum Gasteiger partial charge on any atom is -0.508 e. The molecule has 1 aromatic rings. The van der Waals surface area contributed by atoms with Crippen molar-refractivity contribution in [3.8, 4) is 5.75 Å². The van der Waals surface area contributed by atoms with Crippen LogP contribution in [0.25, 0.3) is 0 Å². The van der Waals surface area contributed by atoms with Crippen LogP contribution in [0.15, 0.2) is 30.3 Å². The Morgan fingerprint density at radius 3 is 1.67 bits per heavy atom. The molecule has 1 aliphatic rings. The molecule has 0 aromatic heterocycles. The summed E-state index contributed by atoms with van der Waals surface area (Å²) in [6, 6.07) is 8.71. The zero-order chi connectivity index (χ0) is 16.5. The van der Waals surface area contributed by atoms with Gasteiger partial charge in [-0.25, -0.2) is 0 Å². The van der Waals surface area contributed by atoms with Crippen LogP contribution < -0.4 is 0 Å². The number of benzene rings is 1. The monoisotopic (exact) mass is 292 g/mol. The van der Waals surface area contributed by atoms with Crippen LogP contribution >= 0.6 is 0 Å². The van der Waals surface area contributed by atoms with E-state index in [0.717, 1.165) is 5.92 Å². The molecule has 2 rings (SSSR count). The quantitative estimate of drug-likeness (QED) is 0.566. The van der Waals surface area contributed by atoms with Gasteiger partial charge in [-0.05, 0) is 54.6 Å². The lowest BCUT2D eigenvalue weighted by molar-refractivity contribution is 0.111. The van der Waals surface area contributed by atoms with Gasteiger partial charge < -0.3 is 5.11 Å². The minimum absolute atomic E-state index is 0.322. The van der Waals surface area contributed by atoms with Crippen molar-refractivity contribution in [1.82, 2.24) is 0 Å². The summed E-state index contributed by atoms with van der Waals surface area (Å²) in [6.07, 6.45) is 5.73. The first kappa shape index (κ1) is 20.0. The first-order valence-electron chi connectivity index (χ1n) is 8.45. The van der Waals surface area contributed by atoms with Gasteiger partial charge in [0, 0.05) is 0 Å². The second-order valence-electron chi connectivity index (χ2n) is 7.64. The fourth-order valence-electron chi connectivity index (χ4n) is 2.69. The molecule has 0 radical (unpaired) electrons. The number of rotatable bonds is 0. The fourth-order valence-corrected chi connectivity index (χ4v) is 2.69. The maximum atomic E-state index is 8.63. The summed E-state index contributed by atoms with van der Waals surface area (Å²) in [5.41, 5.74) is 1.16. The summed E-state index contributed by atoms with van der Waals surface area (Å²) < 4.78 is 0. The molecule has 0 atom stereocenters. The van der Waals surface area contributed by atoms with Crippen molar-refractivity contribution in [2.75, 3.05) is 0 Å². The van der Waals surface area contributed by atoms with Gasteiger partial charge in [0.2, 0.25) is 0 Å². The van der Waals surface area contributed by atoms with Crippen LogP contribution in [0.5, 0.6) is 5.75 Å². The number of para-hydroxylation sites is 1. The van der Waals surface area contributed by atoms with Gasteiger partial charge in [-0.3, -0.25) is 0 Å². The third kappa shape index (κ3) is 8.80. The van der Waals surface area contributed by atoms with Crippen LogP contribution in [0, 0.1) is 16.7 Å². The highest BCUT2D eigenvalue weighted by atomic mass is 16.3. The number of aromatic hydroxyl groups is 1. The van der Waals surface area contributed by atoms with E-state index >= 15 is 0 Å². The number of hydrogen-bond donors (Lipinski definition) is 1. The second-order valence-corrected chi connectivity index (χ2v) is 7.64. The van der Waals surface area contributed by atoms with Crippen molar-refractivity contribution >= 4 is 0 Å². The summed E-state index contributed by atoms with van der Waals surface area (Å²) >= 11 is 0. The van der Waals surface area contributed by atoms with Crippen LogP contribution in [-0.4, -0.2) is 5.11 Å². The van der Waals surface area contributed by atoms with Crippen LogP contribution in [0.4, 0.5) is 0 Å². The van der Waals surface area contributed by atoms with Gasteiger partial charge in [0.05, 0.1) is 0 Å². The molecule has 0 bridgehead atoms. The number of phenolic OH excluding ortho intramolecular Hbond substituents is 1. The SMILES string of the molecule is CC.CC1(C)CCC(C(C)(C)C)CC1.Oc1ccccc1. The third-order valence-electron chi connectivity index (χ3n) is 4.32. The van der Waals surface area contributed by atoms with Crippen molar-refractivity contribution in [3.05, 3.63) is 30.3 Å². The molecule has 1 N–H and O–H groups in total. The molecule has 0 saturated heterocycles. The molecule has 122 valence electrons. The first-order chi connectivity index (χ1) is 9.71. The molecule has 0 amide bonds. The predicted octanol–water partition coefficient (Wildman–Crippen LogP) is 6.67. The lowest BCUT2D eigenvalue weighted by Gasteiger charge is -2.40. The average Bonchev–Trinajstić information content (AvgIpc) is 2.41. The van der Waals surface area contributed by atoms with Crippen LogP contribution in [0.1, 0.15) is 74.1 Å². The molecule has 1 fully saturated rings. The second kappa shape index (κ2) is 9.12. The van der Waals surface area contributed by atoms with E-state index in [1.165, 1.54) is 25.7 Å². The Labute approximate surface area is 132 Å². The molecule has 21 heavy (non-hydrogen) atoms. The smallest absolute Gasteiger partial charge is 0.115 e.